The summed E-state index contributed by atoms with van der Waals surface area (Å²) in [6, 6.07) is 18.5. The van der Waals surface area contributed by atoms with Gasteiger partial charge in [-0.2, -0.15) is 0 Å². The molecule has 0 radical (unpaired) electrons. The third-order valence-corrected chi connectivity index (χ3v) is 4.15. The van der Waals surface area contributed by atoms with Crippen molar-refractivity contribution in [3.05, 3.63) is 65.7 Å². The van der Waals surface area contributed by atoms with Crippen molar-refractivity contribution in [1.29, 1.82) is 0 Å². The first-order valence-electron chi connectivity index (χ1n) is 7.86. The zero-order valence-electron chi connectivity index (χ0n) is 14.1. The fourth-order valence-corrected chi connectivity index (χ4v) is 2.77. The Bertz CT molecular complexity index is 589. The van der Waals surface area contributed by atoms with Gasteiger partial charge in [-0.3, -0.25) is 10.6 Å². The number of rotatable bonds is 9. The van der Waals surface area contributed by atoms with Gasteiger partial charge < -0.3 is 9.47 Å². The number of benzene rings is 2. The van der Waals surface area contributed by atoms with Gasteiger partial charge in [0, 0.05) is 32.2 Å². The number of hydrogen-bond donors (Lipinski definition) is 2. The van der Waals surface area contributed by atoms with Gasteiger partial charge in [0.1, 0.15) is 5.75 Å². The van der Waals surface area contributed by atoms with Crippen molar-refractivity contribution in [2.75, 3.05) is 27.9 Å². The fraction of sp³-hybridized carbons (Fsp3) is 0.368. The van der Waals surface area contributed by atoms with Crippen molar-refractivity contribution < 1.29 is 9.47 Å². The van der Waals surface area contributed by atoms with E-state index in [2.05, 4.69) is 41.0 Å². The molecule has 124 valence electrons. The summed E-state index contributed by atoms with van der Waals surface area (Å²) in [7, 11) is 5.40. The molecule has 2 N–H and O–H groups in total. The van der Waals surface area contributed by atoms with Gasteiger partial charge in [-0.1, -0.05) is 48.5 Å². The Morgan fingerprint density at radius 1 is 0.957 bits per heavy atom. The van der Waals surface area contributed by atoms with Crippen LogP contribution in [0.5, 0.6) is 5.75 Å². The number of ether oxygens (including phenoxy) is 2. The summed E-state index contributed by atoms with van der Waals surface area (Å²) >= 11 is 0. The summed E-state index contributed by atoms with van der Waals surface area (Å²) in [5.74, 6) is 0.893. The number of para-hydroxylation sites is 1. The summed E-state index contributed by atoms with van der Waals surface area (Å²) in [6.07, 6.45) is 0.819. The molecule has 4 heteroatoms. The van der Waals surface area contributed by atoms with Crippen molar-refractivity contribution in [2.45, 2.75) is 18.6 Å². The summed E-state index contributed by atoms with van der Waals surface area (Å²) in [4.78, 5) is 0. The molecule has 0 fully saturated rings. The second-order valence-corrected chi connectivity index (χ2v) is 5.43. The molecule has 0 aliphatic rings. The van der Waals surface area contributed by atoms with Crippen LogP contribution in [-0.2, 0) is 16.9 Å². The second-order valence-electron chi connectivity index (χ2n) is 5.43. The SMILES string of the molecule is CN[C@](CCOC)(NCc1ccccc1OC)c1ccccc1. The molecule has 0 bridgehead atoms. The van der Waals surface area contributed by atoms with E-state index < -0.39 is 0 Å². The van der Waals surface area contributed by atoms with Gasteiger partial charge in [0.05, 0.1) is 12.8 Å². The first-order chi connectivity index (χ1) is 11.3. The monoisotopic (exact) mass is 314 g/mol. The molecule has 0 spiro atoms. The molecule has 0 saturated heterocycles. The summed E-state index contributed by atoms with van der Waals surface area (Å²) < 4.78 is 10.8. The first kappa shape index (κ1) is 17.5. The quantitative estimate of drug-likeness (QED) is 0.699. The minimum atomic E-state index is -0.349. The van der Waals surface area contributed by atoms with E-state index in [1.165, 1.54) is 5.56 Å². The van der Waals surface area contributed by atoms with Gasteiger partial charge in [-0.05, 0) is 18.7 Å². The standard InChI is InChI=1S/C19H26N2O2/c1-20-19(13-14-22-2,17-10-5-4-6-11-17)21-15-16-9-7-8-12-18(16)23-3/h4-12,20-21H,13-15H2,1-3H3/t19-/m1/s1. The molecule has 4 nitrogen and oxygen atoms in total. The number of methoxy groups -OCH3 is 2. The predicted molar refractivity (Wildman–Crippen MR) is 93.5 cm³/mol. The molecular weight excluding hydrogens is 288 g/mol. The maximum absolute atomic E-state index is 5.45. The van der Waals surface area contributed by atoms with Crippen LogP contribution < -0.4 is 15.4 Å². The lowest BCUT2D eigenvalue weighted by Crippen LogP contribution is -2.52. The van der Waals surface area contributed by atoms with E-state index in [4.69, 9.17) is 9.47 Å². The molecule has 0 unspecified atom stereocenters. The normalized spacial score (nSPS) is 13.5. The van der Waals surface area contributed by atoms with E-state index in [1.807, 2.05) is 31.3 Å². The van der Waals surface area contributed by atoms with Crippen LogP contribution in [0, 0.1) is 0 Å². The van der Waals surface area contributed by atoms with Gasteiger partial charge in [0.2, 0.25) is 0 Å². The Hall–Kier alpha value is -1.88. The number of nitrogens with one attached hydrogen (secondary N) is 2. The van der Waals surface area contributed by atoms with Crippen molar-refractivity contribution in [2.24, 2.45) is 0 Å². The Morgan fingerprint density at radius 3 is 2.30 bits per heavy atom. The van der Waals surface area contributed by atoms with Crippen LogP contribution in [0.25, 0.3) is 0 Å². The lowest BCUT2D eigenvalue weighted by Gasteiger charge is -2.35. The van der Waals surface area contributed by atoms with E-state index in [1.54, 1.807) is 14.2 Å². The lowest BCUT2D eigenvalue weighted by molar-refractivity contribution is 0.138. The van der Waals surface area contributed by atoms with E-state index >= 15 is 0 Å². The highest BCUT2D eigenvalue weighted by atomic mass is 16.5. The average Bonchev–Trinajstić information content (AvgIpc) is 2.63. The average molecular weight is 314 g/mol. The van der Waals surface area contributed by atoms with Crippen LogP contribution in [0.15, 0.2) is 54.6 Å². The van der Waals surface area contributed by atoms with Crippen LogP contribution in [0.3, 0.4) is 0 Å². The molecule has 0 aromatic heterocycles. The van der Waals surface area contributed by atoms with E-state index in [-0.39, 0.29) is 5.66 Å². The highest BCUT2D eigenvalue weighted by Gasteiger charge is 2.29. The largest absolute Gasteiger partial charge is 0.496 e. The zero-order valence-corrected chi connectivity index (χ0v) is 14.1. The van der Waals surface area contributed by atoms with Crippen LogP contribution in [0.2, 0.25) is 0 Å². The molecular formula is C19H26N2O2. The van der Waals surface area contributed by atoms with E-state index in [0.717, 1.165) is 17.7 Å². The van der Waals surface area contributed by atoms with Crippen LogP contribution in [0.1, 0.15) is 17.5 Å². The lowest BCUT2D eigenvalue weighted by atomic mass is 9.95. The zero-order chi connectivity index (χ0) is 16.5. The molecule has 0 heterocycles. The third-order valence-electron chi connectivity index (χ3n) is 4.15. The molecule has 23 heavy (non-hydrogen) atoms. The maximum Gasteiger partial charge on any atom is 0.123 e. The smallest absolute Gasteiger partial charge is 0.123 e. The van der Waals surface area contributed by atoms with Crippen molar-refractivity contribution in [3.63, 3.8) is 0 Å². The van der Waals surface area contributed by atoms with Gasteiger partial charge in [0.15, 0.2) is 0 Å². The van der Waals surface area contributed by atoms with Crippen molar-refractivity contribution in [1.82, 2.24) is 10.6 Å². The van der Waals surface area contributed by atoms with Gasteiger partial charge in [0.25, 0.3) is 0 Å². The first-order valence-corrected chi connectivity index (χ1v) is 7.86. The third kappa shape index (κ3) is 4.32. The van der Waals surface area contributed by atoms with Gasteiger partial charge in [-0.25, -0.2) is 0 Å². The summed E-state index contributed by atoms with van der Waals surface area (Å²) in [6.45, 7) is 1.36. The van der Waals surface area contributed by atoms with E-state index in [9.17, 15) is 0 Å². The van der Waals surface area contributed by atoms with Crippen LogP contribution in [0.4, 0.5) is 0 Å². The van der Waals surface area contributed by atoms with Gasteiger partial charge in [-0.15, -0.1) is 0 Å². The maximum atomic E-state index is 5.45. The highest BCUT2D eigenvalue weighted by Crippen LogP contribution is 2.24. The Labute approximate surface area is 138 Å². The summed E-state index contributed by atoms with van der Waals surface area (Å²) in [5, 5.41) is 7.10. The van der Waals surface area contributed by atoms with E-state index in [0.29, 0.717) is 13.2 Å². The minimum Gasteiger partial charge on any atom is -0.496 e. The number of hydrogen-bond acceptors (Lipinski definition) is 4. The fourth-order valence-electron chi connectivity index (χ4n) is 2.77. The van der Waals surface area contributed by atoms with Crippen LogP contribution >= 0.6 is 0 Å². The molecule has 1 atom stereocenters. The Morgan fingerprint density at radius 2 is 1.65 bits per heavy atom. The minimum absolute atomic E-state index is 0.349. The Kier molecular flexibility index (Phi) is 6.59. The Balaban J connectivity index is 2.23. The molecule has 0 amide bonds. The topological polar surface area (TPSA) is 42.5 Å². The van der Waals surface area contributed by atoms with Crippen molar-refractivity contribution in [3.8, 4) is 5.75 Å². The molecule has 0 aliphatic heterocycles. The highest BCUT2D eigenvalue weighted by molar-refractivity contribution is 5.33. The van der Waals surface area contributed by atoms with Gasteiger partial charge >= 0.3 is 0 Å². The molecule has 2 rings (SSSR count). The summed E-state index contributed by atoms with van der Waals surface area (Å²) in [5.41, 5.74) is 1.97. The molecule has 0 saturated carbocycles. The van der Waals surface area contributed by atoms with Crippen molar-refractivity contribution >= 4 is 0 Å². The second kappa shape index (κ2) is 8.67. The molecule has 0 aliphatic carbocycles. The predicted octanol–water partition coefficient (Wildman–Crippen LogP) is 2.89. The molecule has 2 aromatic rings. The molecule has 2 aromatic carbocycles. The van der Waals surface area contributed by atoms with Crippen LogP contribution in [-0.4, -0.2) is 27.9 Å².